The smallest absolute Gasteiger partial charge is 0.270 e. The molecule has 28 heavy (non-hydrogen) atoms. The average Bonchev–Trinajstić information content (AvgIpc) is 3.45. The number of benzene rings is 1. The van der Waals surface area contributed by atoms with Crippen LogP contribution < -0.4 is 5.73 Å². The zero-order valence-corrected chi connectivity index (χ0v) is 15.2. The molecule has 1 saturated carbocycles. The van der Waals surface area contributed by atoms with E-state index in [4.69, 9.17) is 11.1 Å². The van der Waals surface area contributed by atoms with Crippen molar-refractivity contribution in [1.29, 1.82) is 5.41 Å². The van der Waals surface area contributed by atoms with Crippen LogP contribution in [-0.2, 0) is 6.54 Å². The molecule has 6 nitrogen and oxygen atoms in total. The second-order valence-electron chi connectivity index (χ2n) is 6.84. The van der Waals surface area contributed by atoms with Gasteiger partial charge in [0.2, 0.25) is 0 Å². The van der Waals surface area contributed by atoms with Gasteiger partial charge in [-0.25, -0.2) is 9.37 Å². The first kappa shape index (κ1) is 17.9. The number of aromatic amines is 1. The molecule has 4 N–H and O–H groups in total. The first-order chi connectivity index (χ1) is 13.6. The van der Waals surface area contributed by atoms with Crippen molar-refractivity contribution in [2.24, 2.45) is 5.73 Å². The Morgan fingerprint density at radius 1 is 1.32 bits per heavy atom. The number of aromatic nitrogens is 2. The van der Waals surface area contributed by atoms with Crippen LogP contribution in [0, 0.1) is 11.2 Å². The molecule has 0 unspecified atom stereocenters. The lowest BCUT2D eigenvalue weighted by atomic mass is 10.2. The normalized spacial score (nSPS) is 14.2. The topological polar surface area (TPSA) is 98.9 Å². The number of carbonyl (C=O) groups is 1. The summed E-state index contributed by atoms with van der Waals surface area (Å²) in [5, 5.41) is 8.19. The highest BCUT2D eigenvalue weighted by molar-refractivity contribution is 6.08. The molecule has 1 amide bonds. The van der Waals surface area contributed by atoms with Gasteiger partial charge in [0, 0.05) is 41.5 Å². The number of nitrogens with one attached hydrogen (secondary N) is 2. The molecule has 4 rings (SSSR count). The monoisotopic (exact) mass is 377 g/mol. The highest BCUT2D eigenvalue weighted by Gasteiger charge is 2.34. The van der Waals surface area contributed by atoms with E-state index in [0.29, 0.717) is 28.2 Å². The van der Waals surface area contributed by atoms with Crippen molar-refractivity contribution in [3.8, 4) is 0 Å². The maximum absolute atomic E-state index is 14.1. The third kappa shape index (κ3) is 3.38. The summed E-state index contributed by atoms with van der Waals surface area (Å²) in [6.07, 6.45) is 4.30. The molecule has 2 aromatic heterocycles. The lowest BCUT2D eigenvalue weighted by Crippen LogP contribution is -2.33. The van der Waals surface area contributed by atoms with Gasteiger partial charge in [-0.05, 0) is 37.1 Å². The van der Waals surface area contributed by atoms with Gasteiger partial charge < -0.3 is 21.0 Å². The molecule has 0 bridgehead atoms. The van der Waals surface area contributed by atoms with Crippen LogP contribution in [0.3, 0.4) is 0 Å². The maximum Gasteiger partial charge on any atom is 0.270 e. The van der Waals surface area contributed by atoms with Crippen molar-refractivity contribution < 1.29 is 9.18 Å². The summed E-state index contributed by atoms with van der Waals surface area (Å²) < 4.78 is 14.1. The summed E-state index contributed by atoms with van der Waals surface area (Å²) in [7, 11) is 0. The van der Waals surface area contributed by atoms with E-state index < -0.39 is 0 Å². The summed E-state index contributed by atoms with van der Waals surface area (Å²) in [6.45, 7) is 0.234. The number of H-pyrrole nitrogens is 1. The number of allylic oxidation sites excluding steroid dienone is 1. The van der Waals surface area contributed by atoms with Crippen LogP contribution in [-0.4, -0.2) is 33.0 Å². The summed E-state index contributed by atoms with van der Waals surface area (Å²) in [5.41, 5.74) is 8.03. The Kier molecular flexibility index (Phi) is 4.65. The molecule has 142 valence electrons. The first-order valence-electron chi connectivity index (χ1n) is 9.07. The van der Waals surface area contributed by atoms with Crippen LogP contribution in [0.15, 0.2) is 48.7 Å². The largest absolute Gasteiger partial charge is 0.404 e. The van der Waals surface area contributed by atoms with E-state index in [-0.39, 0.29) is 24.3 Å². The van der Waals surface area contributed by atoms with Crippen LogP contribution >= 0.6 is 0 Å². The molecule has 1 aliphatic carbocycles. The summed E-state index contributed by atoms with van der Waals surface area (Å²) >= 11 is 0. The fourth-order valence-corrected chi connectivity index (χ4v) is 3.21. The van der Waals surface area contributed by atoms with Gasteiger partial charge in [-0.2, -0.15) is 0 Å². The minimum absolute atomic E-state index is 0.131. The van der Waals surface area contributed by atoms with Crippen LogP contribution in [0.4, 0.5) is 4.39 Å². The van der Waals surface area contributed by atoms with Gasteiger partial charge in [-0.15, -0.1) is 0 Å². The highest BCUT2D eigenvalue weighted by atomic mass is 19.1. The van der Waals surface area contributed by atoms with Crippen molar-refractivity contribution in [3.05, 3.63) is 71.4 Å². The molecule has 1 fully saturated rings. The van der Waals surface area contributed by atoms with E-state index in [1.54, 1.807) is 35.2 Å². The van der Waals surface area contributed by atoms with Crippen molar-refractivity contribution in [2.45, 2.75) is 25.4 Å². The summed E-state index contributed by atoms with van der Waals surface area (Å²) in [6, 6.07) is 12.0. The first-order valence-corrected chi connectivity index (χ1v) is 9.07. The van der Waals surface area contributed by atoms with Crippen molar-refractivity contribution in [3.63, 3.8) is 0 Å². The Morgan fingerprint density at radius 3 is 2.79 bits per heavy atom. The molecule has 0 atom stereocenters. The second kappa shape index (κ2) is 7.26. The van der Waals surface area contributed by atoms with Crippen LogP contribution in [0.1, 0.15) is 34.6 Å². The molecule has 0 saturated heterocycles. The van der Waals surface area contributed by atoms with Gasteiger partial charge in [0.15, 0.2) is 0 Å². The van der Waals surface area contributed by atoms with E-state index in [1.807, 2.05) is 6.07 Å². The SMILES string of the molecule is N=C/C(=C\N)c1ccc2cc(C(=O)N(Cc3ccccc3F)C3CC3)[nH]c2n1. The Bertz CT molecular complexity index is 1080. The number of hydrogen-bond acceptors (Lipinski definition) is 4. The zero-order valence-electron chi connectivity index (χ0n) is 15.2. The predicted octanol–water partition coefficient (Wildman–Crippen LogP) is 3.46. The van der Waals surface area contributed by atoms with Gasteiger partial charge in [0.05, 0.1) is 5.69 Å². The van der Waals surface area contributed by atoms with E-state index in [0.717, 1.165) is 24.4 Å². The van der Waals surface area contributed by atoms with E-state index >= 15 is 0 Å². The van der Waals surface area contributed by atoms with Gasteiger partial charge in [0.25, 0.3) is 5.91 Å². The van der Waals surface area contributed by atoms with Crippen LogP contribution in [0.2, 0.25) is 0 Å². The Morgan fingerprint density at radius 2 is 2.11 bits per heavy atom. The van der Waals surface area contributed by atoms with Crippen molar-refractivity contribution >= 4 is 28.7 Å². The molecular weight excluding hydrogens is 357 g/mol. The molecular formula is C21H20FN5O. The van der Waals surface area contributed by atoms with E-state index in [9.17, 15) is 9.18 Å². The number of amides is 1. The minimum Gasteiger partial charge on any atom is -0.404 e. The highest BCUT2D eigenvalue weighted by Crippen LogP contribution is 2.30. The predicted molar refractivity (Wildman–Crippen MR) is 106 cm³/mol. The van der Waals surface area contributed by atoms with Crippen LogP contribution in [0.25, 0.3) is 16.6 Å². The molecule has 0 aliphatic heterocycles. The molecule has 0 spiro atoms. The molecule has 3 aromatic rings. The van der Waals surface area contributed by atoms with Crippen molar-refractivity contribution in [1.82, 2.24) is 14.9 Å². The maximum atomic E-state index is 14.1. The van der Waals surface area contributed by atoms with Gasteiger partial charge in [-0.1, -0.05) is 18.2 Å². The Hall–Kier alpha value is -3.48. The van der Waals surface area contributed by atoms with Gasteiger partial charge in [-0.3, -0.25) is 4.79 Å². The van der Waals surface area contributed by atoms with E-state index in [1.165, 1.54) is 12.3 Å². The molecule has 0 radical (unpaired) electrons. The molecule has 1 aromatic carbocycles. The quantitative estimate of drug-likeness (QED) is 0.574. The lowest BCUT2D eigenvalue weighted by Gasteiger charge is -2.22. The number of fused-ring (bicyclic) bond motifs is 1. The second-order valence-corrected chi connectivity index (χ2v) is 6.84. The minimum atomic E-state index is -0.309. The van der Waals surface area contributed by atoms with Gasteiger partial charge >= 0.3 is 0 Å². The third-order valence-electron chi connectivity index (χ3n) is 4.89. The average molecular weight is 377 g/mol. The Balaban J connectivity index is 1.64. The fourth-order valence-electron chi connectivity index (χ4n) is 3.21. The number of hydrogen-bond donors (Lipinski definition) is 3. The number of nitrogens with two attached hydrogens (primary N) is 1. The van der Waals surface area contributed by atoms with Gasteiger partial charge in [0.1, 0.15) is 17.2 Å². The number of carbonyl (C=O) groups excluding carboxylic acids is 1. The standard InChI is InChI=1S/C21H20FN5O/c22-17-4-2-1-3-14(17)12-27(16-6-7-16)21(28)19-9-13-5-8-18(15(10-23)11-24)25-20(13)26-19/h1-5,8-11,16,23H,6-7,12,24H2,(H,25,26)/b15-11+,23-10?. The van der Waals surface area contributed by atoms with E-state index in [2.05, 4.69) is 9.97 Å². The van der Waals surface area contributed by atoms with Crippen molar-refractivity contribution in [2.75, 3.05) is 0 Å². The lowest BCUT2D eigenvalue weighted by molar-refractivity contribution is 0.0723. The molecule has 7 heteroatoms. The Labute approximate surface area is 161 Å². The zero-order chi connectivity index (χ0) is 19.7. The third-order valence-corrected chi connectivity index (χ3v) is 4.89. The number of nitrogens with zero attached hydrogens (tertiary/aromatic N) is 2. The number of rotatable bonds is 6. The van der Waals surface area contributed by atoms with Crippen LogP contribution in [0.5, 0.6) is 0 Å². The molecule has 1 aliphatic rings. The summed E-state index contributed by atoms with van der Waals surface area (Å²) in [5.74, 6) is -0.483. The summed E-state index contributed by atoms with van der Waals surface area (Å²) in [4.78, 5) is 22.4. The fraction of sp³-hybridized carbons (Fsp3) is 0.190. The number of pyridine rings is 1. The number of halogens is 1. The molecule has 2 heterocycles.